The van der Waals surface area contributed by atoms with E-state index in [0.29, 0.717) is 0 Å². The van der Waals surface area contributed by atoms with E-state index in [1.165, 1.54) is 26.8 Å². The summed E-state index contributed by atoms with van der Waals surface area (Å²) in [5, 5.41) is 2.61. The van der Waals surface area contributed by atoms with Crippen LogP contribution in [-0.4, -0.2) is 3.66 Å². The molecule has 0 N–H and O–H groups in total. The number of fused-ring (bicyclic) bond motifs is 2. The number of benzene rings is 1. The van der Waals surface area contributed by atoms with Gasteiger partial charge >= 0.3 is 26.2 Å². The smallest absolute Gasteiger partial charge is 1.00 e. The molecule has 2 aromatic carbocycles. The SMILES string of the molecule is BrC1(S[c-]2ccc3ccccc32)C=CC=C2[C-]=CC=C21.[Cl-].[Cl-].[Zr+4]. The van der Waals surface area contributed by atoms with Crippen LogP contribution in [0.4, 0.5) is 0 Å². The van der Waals surface area contributed by atoms with E-state index in [9.17, 15) is 0 Å². The zero-order chi connectivity index (χ0) is 13.6. The molecule has 0 aromatic heterocycles. The molecule has 0 heterocycles. The molecule has 114 valence electrons. The van der Waals surface area contributed by atoms with Crippen LogP contribution in [0.25, 0.3) is 10.8 Å². The first-order chi connectivity index (χ1) is 9.76. The number of alkyl halides is 1. The molecule has 0 fully saturated rings. The Morgan fingerprint density at radius 1 is 1.09 bits per heavy atom. The minimum Gasteiger partial charge on any atom is -1.00 e. The molecule has 23 heavy (non-hydrogen) atoms. The summed E-state index contributed by atoms with van der Waals surface area (Å²) in [6.07, 6.45) is 13.8. The average molecular weight is 501 g/mol. The van der Waals surface area contributed by atoms with Crippen LogP contribution < -0.4 is 24.8 Å². The van der Waals surface area contributed by atoms with E-state index in [2.05, 4.69) is 82.7 Å². The first-order valence-electron chi connectivity index (χ1n) is 6.49. The van der Waals surface area contributed by atoms with E-state index < -0.39 is 0 Å². The van der Waals surface area contributed by atoms with Crippen molar-refractivity contribution < 1.29 is 51.0 Å². The van der Waals surface area contributed by atoms with Gasteiger partial charge in [-0.15, -0.1) is 58.8 Å². The molecule has 0 amide bonds. The Bertz CT molecular complexity index is 819. The molecule has 2 aliphatic carbocycles. The van der Waals surface area contributed by atoms with Crippen LogP contribution in [0.15, 0.2) is 82.8 Å². The Balaban J connectivity index is 0.000000882. The molecule has 0 saturated heterocycles. The van der Waals surface area contributed by atoms with Crippen molar-refractivity contribution in [2.45, 2.75) is 8.55 Å². The quantitative estimate of drug-likeness (QED) is 0.397. The van der Waals surface area contributed by atoms with Crippen LogP contribution in [0.2, 0.25) is 0 Å². The monoisotopic (exact) mass is 498 g/mol. The molecule has 4 rings (SSSR count). The third-order valence-electron chi connectivity index (χ3n) is 3.62. The Morgan fingerprint density at radius 2 is 1.87 bits per heavy atom. The van der Waals surface area contributed by atoms with Gasteiger partial charge in [0.2, 0.25) is 0 Å². The predicted molar refractivity (Wildman–Crippen MR) is 90.2 cm³/mol. The fourth-order valence-corrected chi connectivity index (χ4v) is 4.84. The van der Waals surface area contributed by atoms with Gasteiger partial charge in [-0.05, 0) is 0 Å². The summed E-state index contributed by atoms with van der Waals surface area (Å²) in [6, 6.07) is 12.9. The van der Waals surface area contributed by atoms with Crippen molar-refractivity contribution in [1.82, 2.24) is 0 Å². The second-order valence-corrected chi connectivity index (χ2v) is 7.93. The number of hydrogen-bond acceptors (Lipinski definition) is 1. The molecular formula is C18H11BrCl2SZr. The number of rotatable bonds is 2. The fraction of sp³-hybridized carbons (Fsp3) is 0.0556. The van der Waals surface area contributed by atoms with Gasteiger partial charge in [0, 0.05) is 0 Å². The van der Waals surface area contributed by atoms with Crippen molar-refractivity contribution in [2.75, 3.05) is 0 Å². The largest absolute Gasteiger partial charge is 4.00 e. The molecule has 2 aromatic rings. The third-order valence-corrected chi connectivity index (χ3v) is 6.02. The van der Waals surface area contributed by atoms with Gasteiger partial charge in [-0.3, -0.25) is 0 Å². The minimum atomic E-state index is -0.200. The second kappa shape index (κ2) is 8.45. The van der Waals surface area contributed by atoms with Crippen molar-refractivity contribution in [2.24, 2.45) is 0 Å². The topological polar surface area (TPSA) is 0 Å². The molecule has 0 spiro atoms. The molecule has 1 atom stereocenters. The van der Waals surface area contributed by atoms with Crippen LogP contribution in [0.1, 0.15) is 0 Å². The summed E-state index contributed by atoms with van der Waals surface area (Å²) in [4.78, 5) is 1.30. The van der Waals surface area contributed by atoms with Crippen LogP contribution in [0.5, 0.6) is 0 Å². The summed E-state index contributed by atoms with van der Waals surface area (Å²) < 4.78 is -0.200. The molecule has 0 saturated carbocycles. The van der Waals surface area contributed by atoms with Gasteiger partial charge in [0.05, 0.1) is 3.66 Å². The van der Waals surface area contributed by atoms with Gasteiger partial charge in [-0.1, -0.05) is 33.0 Å². The average Bonchev–Trinajstić information content (AvgIpc) is 3.07. The molecule has 0 radical (unpaired) electrons. The van der Waals surface area contributed by atoms with Crippen LogP contribution in [0.3, 0.4) is 0 Å². The van der Waals surface area contributed by atoms with Crippen LogP contribution in [0, 0.1) is 6.08 Å². The van der Waals surface area contributed by atoms with Gasteiger partial charge in [-0.2, -0.15) is 35.6 Å². The maximum atomic E-state index is 3.92. The fourth-order valence-electron chi connectivity index (χ4n) is 2.64. The molecule has 0 bridgehead atoms. The van der Waals surface area contributed by atoms with E-state index in [4.69, 9.17) is 0 Å². The molecule has 0 aliphatic heterocycles. The number of allylic oxidation sites excluding steroid dienone is 6. The number of halogens is 3. The van der Waals surface area contributed by atoms with E-state index in [1.807, 2.05) is 17.8 Å². The van der Waals surface area contributed by atoms with Gasteiger partial charge in [0.25, 0.3) is 0 Å². The van der Waals surface area contributed by atoms with Gasteiger partial charge < -0.3 is 24.8 Å². The van der Waals surface area contributed by atoms with Crippen molar-refractivity contribution in [1.29, 1.82) is 0 Å². The van der Waals surface area contributed by atoms with Crippen molar-refractivity contribution >= 4 is 38.5 Å². The number of thioether (sulfide) groups is 1. The normalized spacial score (nSPS) is 20.7. The first-order valence-corrected chi connectivity index (χ1v) is 8.10. The zero-order valence-electron chi connectivity index (χ0n) is 11.9. The summed E-state index contributed by atoms with van der Waals surface area (Å²) in [5.74, 6) is 0. The Kier molecular flexibility index (Phi) is 7.76. The maximum absolute atomic E-state index is 3.92. The minimum absolute atomic E-state index is 0. The Labute approximate surface area is 180 Å². The molecule has 5 heteroatoms. The molecule has 2 aliphatic rings. The van der Waals surface area contributed by atoms with E-state index in [1.54, 1.807) is 0 Å². The van der Waals surface area contributed by atoms with Gasteiger partial charge in [-0.25, -0.2) is 0 Å². The van der Waals surface area contributed by atoms with E-state index >= 15 is 0 Å². The molecule has 1 unspecified atom stereocenters. The first kappa shape index (κ1) is 21.1. The van der Waals surface area contributed by atoms with Gasteiger partial charge in [0.1, 0.15) is 0 Å². The predicted octanol–water partition coefficient (Wildman–Crippen LogP) is -0.457. The van der Waals surface area contributed by atoms with Crippen molar-refractivity contribution in [3.63, 3.8) is 0 Å². The second-order valence-electron chi connectivity index (χ2n) is 4.86. The van der Waals surface area contributed by atoms with E-state index in [-0.39, 0.29) is 54.7 Å². The van der Waals surface area contributed by atoms with E-state index in [0.717, 1.165) is 0 Å². The zero-order valence-corrected chi connectivity index (χ0v) is 18.3. The third kappa shape index (κ3) is 3.85. The summed E-state index contributed by atoms with van der Waals surface area (Å²) >= 11 is 5.76. The Morgan fingerprint density at radius 3 is 2.70 bits per heavy atom. The van der Waals surface area contributed by atoms with Crippen molar-refractivity contribution in [3.8, 4) is 0 Å². The van der Waals surface area contributed by atoms with Crippen LogP contribution >= 0.6 is 27.7 Å². The van der Waals surface area contributed by atoms with Crippen LogP contribution in [-0.2, 0) is 26.2 Å². The standard InChI is InChI=1S/C18H11BrS.2ClH.Zr/c19-18(12-4-7-14-6-3-9-16(14)18)20-17-11-10-13-5-1-2-8-15(13)17;;;/h1-5,7-12H;2*1H;/q-2;;;+4/p-2. The number of hydrogen-bond donors (Lipinski definition) is 0. The maximum Gasteiger partial charge on any atom is 4.00 e. The molecule has 0 nitrogen and oxygen atoms in total. The van der Waals surface area contributed by atoms with Gasteiger partial charge in [0.15, 0.2) is 0 Å². The molecular weight excluding hydrogens is 490 g/mol. The summed E-state index contributed by atoms with van der Waals surface area (Å²) in [7, 11) is 0. The summed E-state index contributed by atoms with van der Waals surface area (Å²) in [5.41, 5.74) is 2.45. The summed E-state index contributed by atoms with van der Waals surface area (Å²) in [6.45, 7) is 0. The van der Waals surface area contributed by atoms with Crippen molar-refractivity contribution in [3.05, 3.63) is 84.0 Å². The Hall–Kier alpha value is 0.0831.